The molecule has 0 saturated heterocycles. The zero-order chi connectivity index (χ0) is 34.9. The van der Waals surface area contributed by atoms with Gasteiger partial charge in [-0.1, -0.05) is 5.57 Å². The highest BCUT2D eigenvalue weighted by Gasteiger charge is 2.53. The molecule has 0 spiro atoms. The Morgan fingerprint density at radius 1 is 0.939 bits per heavy atom. The summed E-state index contributed by atoms with van der Waals surface area (Å²) < 4.78 is 112. The lowest BCUT2D eigenvalue weighted by atomic mass is 9.60. The number of alkyl halides is 6. The van der Waals surface area contributed by atoms with Crippen molar-refractivity contribution in [2.24, 2.45) is 5.41 Å². The second-order valence-electron chi connectivity index (χ2n) is 12.6. The van der Waals surface area contributed by atoms with Crippen molar-refractivity contribution in [3.63, 3.8) is 0 Å². The van der Waals surface area contributed by atoms with E-state index in [4.69, 9.17) is 0 Å². The standard InChI is InChI=1S/C34H28F7N5O2S/c1-49(48,27-10-11-30(43-19-27)34(39,40)41)46(25-8-9-25)26-5-2-21-15-29-20(18-44-45(29)24-6-3-23(35)4-7-24)16-32(21,17-26)31(47)28-14-22(12-13-42-28)33(36,37)38/h3-4,6-7,10-15,18-19,25-26H,1-2,5,8-9,16-17H2/t26-,32-,49?/m0/s1. The first kappa shape index (κ1) is 33.1. The molecule has 3 aliphatic rings. The van der Waals surface area contributed by atoms with E-state index < -0.39 is 56.4 Å². The number of fused-ring (bicyclic) bond motifs is 2. The number of pyridine rings is 2. The fourth-order valence-corrected chi connectivity index (χ4v) is 9.13. The zero-order valence-corrected chi connectivity index (χ0v) is 26.5. The Morgan fingerprint density at radius 2 is 1.67 bits per heavy atom. The molecule has 0 amide bonds. The summed E-state index contributed by atoms with van der Waals surface area (Å²) >= 11 is 0. The number of nitrogens with zero attached hydrogens (tertiary/aromatic N) is 5. The van der Waals surface area contributed by atoms with Gasteiger partial charge in [0.25, 0.3) is 0 Å². The minimum Gasteiger partial charge on any atom is -0.291 e. The fraction of sp³-hybridized carbons (Fsp3) is 0.324. The number of halogens is 7. The number of hydrogen-bond donors (Lipinski definition) is 0. The summed E-state index contributed by atoms with van der Waals surface area (Å²) in [6.45, 7) is 0. The molecule has 3 aliphatic carbocycles. The molecule has 3 aromatic heterocycles. The number of rotatable bonds is 7. The normalized spacial score (nSPS) is 22.2. The summed E-state index contributed by atoms with van der Waals surface area (Å²) in [6.07, 6.45) is -2.19. The van der Waals surface area contributed by atoms with Crippen molar-refractivity contribution < 1.29 is 39.7 Å². The number of aromatic nitrogens is 4. The Kier molecular flexibility index (Phi) is 7.85. The van der Waals surface area contributed by atoms with Gasteiger partial charge in [-0.15, -0.1) is 0 Å². The van der Waals surface area contributed by atoms with Crippen LogP contribution in [0.4, 0.5) is 30.7 Å². The van der Waals surface area contributed by atoms with Crippen LogP contribution in [0, 0.1) is 11.2 Å². The predicted octanol–water partition coefficient (Wildman–Crippen LogP) is 7.36. The van der Waals surface area contributed by atoms with Crippen molar-refractivity contribution in [1.29, 1.82) is 0 Å². The lowest BCUT2D eigenvalue weighted by molar-refractivity contribution is -0.141. The van der Waals surface area contributed by atoms with Crippen LogP contribution in [0.3, 0.4) is 0 Å². The Morgan fingerprint density at radius 3 is 2.31 bits per heavy atom. The monoisotopic (exact) mass is 703 g/mol. The van der Waals surface area contributed by atoms with Crippen molar-refractivity contribution in [2.75, 3.05) is 0 Å². The molecular formula is C34H28F7N5O2S. The van der Waals surface area contributed by atoms with Gasteiger partial charge in [-0.05, 0) is 105 Å². The van der Waals surface area contributed by atoms with E-state index in [0.717, 1.165) is 36.7 Å². The van der Waals surface area contributed by atoms with E-state index in [2.05, 4.69) is 20.9 Å². The molecule has 0 radical (unpaired) electrons. The number of ketones is 1. The average molecular weight is 704 g/mol. The van der Waals surface area contributed by atoms with Gasteiger partial charge in [-0.3, -0.25) is 14.8 Å². The first-order valence-corrected chi connectivity index (χ1v) is 17.1. The highest BCUT2D eigenvalue weighted by molar-refractivity contribution is 7.98. The summed E-state index contributed by atoms with van der Waals surface area (Å²) in [5.41, 5.74) is -1.52. The number of hydrogen-bond acceptors (Lipinski definition) is 5. The van der Waals surface area contributed by atoms with Crippen LogP contribution < -0.4 is 0 Å². The lowest BCUT2D eigenvalue weighted by Gasteiger charge is -2.47. The molecule has 0 bridgehead atoms. The second kappa shape index (κ2) is 11.6. The molecular weight excluding hydrogens is 675 g/mol. The van der Waals surface area contributed by atoms with Gasteiger partial charge in [0.15, 0.2) is 5.78 Å². The smallest absolute Gasteiger partial charge is 0.291 e. The zero-order valence-electron chi connectivity index (χ0n) is 25.6. The third-order valence-corrected chi connectivity index (χ3v) is 11.7. The van der Waals surface area contributed by atoms with E-state index in [1.54, 1.807) is 33.4 Å². The quantitative estimate of drug-likeness (QED) is 0.114. The first-order chi connectivity index (χ1) is 23.1. The Labute approximate surface area is 276 Å². The van der Waals surface area contributed by atoms with Gasteiger partial charge < -0.3 is 0 Å². The van der Waals surface area contributed by atoms with Crippen LogP contribution in [-0.2, 0) is 28.5 Å². The van der Waals surface area contributed by atoms with E-state index in [-0.39, 0.29) is 35.9 Å². The van der Waals surface area contributed by atoms with E-state index in [1.165, 1.54) is 12.1 Å². The molecule has 1 aromatic carbocycles. The molecule has 0 N–H and O–H groups in total. The van der Waals surface area contributed by atoms with Crippen LogP contribution in [-0.4, -0.2) is 52.0 Å². The van der Waals surface area contributed by atoms with Crippen molar-refractivity contribution in [1.82, 2.24) is 24.1 Å². The van der Waals surface area contributed by atoms with Gasteiger partial charge in [0.2, 0.25) is 0 Å². The number of benzene rings is 1. The number of allylic oxidation sites excluding steroid dienone is 1. The maximum atomic E-state index is 14.6. The van der Waals surface area contributed by atoms with Gasteiger partial charge in [-0.25, -0.2) is 17.6 Å². The molecule has 7 nitrogen and oxygen atoms in total. The molecule has 49 heavy (non-hydrogen) atoms. The molecule has 3 heterocycles. The Hall–Kier alpha value is -4.37. The molecule has 3 atom stereocenters. The number of Topliss-reactive ketones (excluding diaryl/α,β-unsaturated/α-hetero) is 1. The van der Waals surface area contributed by atoms with Gasteiger partial charge in [0.05, 0.1) is 43.2 Å². The summed E-state index contributed by atoms with van der Waals surface area (Å²) in [4.78, 5) is 22.2. The molecule has 7 rings (SSSR count). The van der Waals surface area contributed by atoms with E-state index in [9.17, 15) is 39.7 Å². The fourth-order valence-electron chi connectivity index (χ4n) is 7.03. The van der Waals surface area contributed by atoms with Crippen molar-refractivity contribution in [3.05, 3.63) is 107 Å². The average Bonchev–Trinajstić information content (AvgIpc) is 3.81. The molecule has 256 valence electrons. The number of carbonyl (C=O) groups excluding carboxylic acids is 1. The maximum absolute atomic E-state index is 14.6. The highest BCUT2D eigenvalue weighted by atomic mass is 32.2. The number of carbonyl (C=O) groups is 1. The minimum atomic E-state index is -4.72. The van der Waals surface area contributed by atoms with Crippen LogP contribution in [0.2, 0.25) is 0 Å². The third kappa shape index (κ3) is 5.96. The molecule has 2 saturated carbocycles. The molecule has 0 aliphatic heterocycles. The highest BCUT2D eigenvalue weighted by Crippen LogP contribution is 2.53. The lowest BCUT2D eigenvalue weighted by Crippen LogP contribution is -2.51. The van der Waals surface area contributed by atoms with Crippen LogP contribution in [0.25, 0.3) is 11.8 Å². The predicted molar refractivity (Wildman–Crippen MR) is 166 cm³/mol. The molecule has 4 aromatic rings. The van der Waals surface area contributed by atoms with Crippen molar-refractivity contribution in [3.8, 4) is 5.69 Å². The van der Waals surface area contributed by atoms with Crippen LogP contribution in [0.15, 0.2) is 77.6 Å². The van der Waals surface area contributed by atoms with Gasteiger partial charge in [-0.2, -0.15) is 31.4 Å². The molecule has 15 heteroatoms. The van der Waals surface area contributed by atoms with Crippen molar-refractivity contribution in [2.45, 2.75) is 67.9 Å². The third-order valence-electron chi connectivity index (χ3n) is 9.46. The van der Waals surface area contributed by atoms with Gasteiger partial charge in [0.1, 0.15) is 17.2 Å². The Balaban J connectivity index is 1.31. The Bertz CT molecular complexity index is 2070. The van der Waals surface area contributed by atoms with Gasteiger partial charge >= 0.3 is 12.4 Å². The van der Waals surface area contributed by atoms with Crippen LogP contribution in [0.1, 0.15) is 65.1 Å². The summed E-state index contributed by atoms with van der Waals surface area (Å²) in [6, 6.07) is 8.20. The second-order valence-corrected chi connectivity index (χ2v) is 14.8. The largest absolute Gasteiger partial charge is 0.433 e. The first-order valence-electron chi connectivity index (χ1n) is 15.4. The summed E-state index contributed by atoms with van der Waals surface area (Å²) in [5, 5.41) is 4.48. The van der Waals surface area contributed by atoms with E-state index in [1.807, 2.05) is 0 Å². The molecule has 2 fully saturated rings. The SMILES string of the molecule is C=S(=O)(c1ccc(C(F)(F)F)nc1)N(C1CC1)[C@H]1CCC2=Cc3c(cnn3-c3ccc(F)cc3)C[C@]2(C(=O)c2cc(C(F)(F)F)ccn2)C1. The van der Waals surface area contributed by atoms with E-state index >= 15 is 0 Å². The summed E-state index contributed by atoms with van der Waals surface area (Å²) in [7, 11) is -3.42. The summed E-state index contributed by atoms with van der Waals surface area (Å²) in [5.74, 6) is 2.89. The molecule has 1 unspecified atom stereocenters. The minimum absolute atomic E-state index is 0.000153. The van der Waals surface area contributed by atoms with Crippen molar-refractivity contribution >= 4 is 27.4 Å². The van der Waals surface area contributed by atoms with Gasteiger partial charge in [0, 0.05) is 24.5 Å². The topological polar surface area (TPSA) is 81.0 Å². The van der Waals surface area contributed by atoms with Crippen LogP contribution >= 0.6 is 0 Å². The maximum Gasteiger partial charge on any atom is 0.433 e. The van der Waals surface area contributed by atoms with E-state index in [0.29, 0.717) is 41.8 Å². The van der Waals surface area contributed by atoms with Crippen LogP contribution in [0.5, 0.6) is 0 Å².